The van der Waals surface area contributed by atoms with E-state index in [4.69, 9.17) is 0 Å². The molecule has 0 radical (unpaired) electrons. The van der Waals surface area contributed by atoms with Crippen molar-refractivity contribution in [3.05, 3.63) is 89.7 Å². The molecule has 2 aromatic carbocycles. The van der Waals surface area contributed by atoms with E-state index >= 15 is 0 Å². The fraction of sp³-hybridized carbons (Fsp3) is 0.174. The first-order valence-corrected chi connectivity index (χ1v) is 11.7. The highest BCUT2D eigenvalue weighted by Gasteiger charge is 2.28. The van der Waals surface area contributed by atoms with Crippen LogP contribution >= 0.6 is 0 Å². The predicted octanol–water partition coefficient (Wildman–Crippen LogP) is 2.80. The monoisotopic (exact) mass is 450 g/mol. The quantitative estimate of drug-likeness (QED) is 0.600. The van der Waals surface area contributed by atoms with Crippen LogP contribution in [0.3, 0.4) is 0 Å². The Kier molecular flexibility index (Phi) is 6.18. The summed E-state index contributed by atoms with van der Waals surface area (Å²) in [6.07, 6.45) is 3.71. The SMILES string of the molecule is O=C(NCc1cccc(NC(=O)c2ccncc2)c1)c1ccc(N2CCCS2(=O)=O)cc1. The Labute approximate surface area is 186 Å². The van der Waals surface area contributed by atoms with E-state index in [1.54, 1.807) is 67.0 Å². The maximum absolute atomic E-state index is 12.5. The molecule has 2 heterocycles. The van der Waals surface area contributed by atoms with E-state index in [2.05, 4.69) is 15.6 Å². The molecule has 0 saturated carbocycles. The standard InChI is InChI=1S/C23H22N4O4S/c28-22(18-5-7-21(8-6-18)27-13-2-14-32(27,30)31)25-16-17-3-1-4-20(15-17)26-23(29)19-9-11-24-12-10-19/h1,3-12,15H,2,13-14,16H2,(H,25,28)(H,26,29). The van der Waals surface area contributed by atoms with Gasteiger partial charge in [-0.1, -0.05) is 12.1 Å². The van der Waals surface area contributed by atoms with Crippen LogP contribution in [0.5, 0.6) is 0 Å². The number of amides is 2. The minimum Gasteiger partial charge on any atom is -0.348 e. The molecule has 1 aliphatic rings. The summed E-state index contributed by atoms with van der Waals surface area (Å²) in [6, 6.07) is 17.0. The topological polar surface area (TPSA) is 108 Å². The zero-order chi connectivity index (χ0) is 22.6. The minimum absolute atomic E-state index is 0.150. The predicted molar refractivity (Wildman–Crippen MR) is 122 cm³/mol. The van der Waals surface area contributed by atoms with Crippen molar-refractivity contribution in [3.8, 4) is 0 Å². The Bertz CT molecular complexity index is 1230. The smallest absolute Gasteiger partial charge is 0.255 e. The van der Waals surface area contributed by atoms with Crippen LogP contribution in [0.4, 0.5) is 11.4 Å². The third-order valence-corrected chi connectivity index (χ3v) is 6.97. The largest absolute Gasteiger partial charge is 0.348 e. The molecule has 4 rings (SSSR count). The first-order valence-electron chi connectivity index (χ1n) is 10.1. The second-order valence-corrected chi connectivity index (χ2v) is 9.37. The number of nitrogens with zero attached hydrogens (tertiary/aromatic N) is 2. The van der Waals surface area contributed by atoms with Gasteiger partial charge in [-0.2, -0.15) is 0 Å². The average molecular weight is 451 g/mol. The summed E-state index contributed by atoms with van der Waals surface area (Å²) in [5, 5.41) is 5.67. The van der Waals surface area contributed by atoms with Crippen LogP contribution in [-0.4, -0.2) is 37.5 Å². The number of sulfonamides is 1. The van der Waals surface area contributed by atoms with Crippen LogP contribution in [0, 0.1) is 0 Å². The summed E-state index contributed by atoms with van der Waals surface area (Å²) in [5.41, 5.74) is 2.95. The highest BCUT2D eigenvalue weighted by molar-refractivity contribution is 7.93. The number of anilines is 2. The molecule has 0 aliphatic carbocycles. The Morgan fingerprint density at radius 3 is 2.34 bits per heavy atom. The van der Waals surface area contributed by atoms with Gasteiger partial charge in [-0.15, -0.1) is 0 Å². The third-order valence-electron chi connectivity index (χ3n) is 5.10. The van der Waals surface area contributed by atoms with Gasteiger partial charge >= 0.3 is 0 Å². The van der Waals surface area contributed by atoms with Crippen LogP contribution in [0.15, 0.2) is 73.1 Å². The number of hydrogen-bond acceptors (Lipinski definition) is 5. The first kappa shape index (κ1) is 21.5. The van der Waals surface area contributed by atoms with E-state index in [1.165, 1.54) is 4.31 Å². The molecular formula is C23H22N4O4S. The molecule has 2 N–H and O–H groups in total. The molecule has 1 fully saturated rings. The first-order chi connectivity index (χ1) is 15.4. The van der Waals surface area contributed by atoms with Crippen LogP contribution in [0.25, 0.3) is 0 Å². The minimum atomic E-state index is -3.25. The van der Waals surface area contributed by atoms with Gasteiger partial charge in [0.2, 0.25) is 10.0 Å². The lowest BCUT2D eigenvalue weighted by molar-refractivity contribution is 0.0950. The van der Waals surface area contributed by atoms with E-state index in [-0.39, 0.29) is 24.1 Å². The number of benzene rings is 2. The number of nitrogens with one attached hydrogen (secondary N) is 2. The van der Waals surface area contributed by atoms with Gasteiger partial charge in [0, 0.05) is 42.3 Å². The molecule has 0 atom stereocenters. The van der Waals surface area contributed by atoms with Crippen molar-refractivity contribution in [1.29, 1.82) is 0 Å². The van der Waals surface area contributed by atoms with Crippen molar-refractivity contribution in [2.45, 2.75) is 13.0 Å². The Balaban J connectivity index is 1.36. The Morgan fingerprint density at radius 1 is 0.938 bits per heavy atom. The summed E-state index contributed by atoms with van der Waals surface area (Å²) >= 11 is 0. The molecule has 32 heavy (non-hydrogen) atoms. The number of rotatable bonds is 6. The van der Waals surface area contributed by atoms with E-state index in [9.17, 15) is 18.0 Å². The molecule has 1 saturated heterocycles. The van der Waals surface area contributed by atoms with E-state index in [1.807, 2.05) is 6.07 Å². The van der Waals surface area contributed by atoms with Gasteiger partial charge < -0.3 is 10.6 Å². The van der Waals surface area contributed by atoms with Crippen LogP contribution in [-0.2, 0) is 16.6 Å². The molecule has 8 nitrogen and oxygen atoms in total. The molecule has 2 amide bonds. The molecule has 0 spiro atoms. The van der Waals surface area contributed by atoms with Crippen LogP contribution in [0.2, 0.25) is 0 Å². The van der Waals surface area contributed by atoms with Gasteiger partial charge in [0.15, 0.2) is 0 Å². The summed E-state index contributed by atoms with van der Waals surface area (Å²) < 4.78 is 25.4. The molecule has 1 aromatic heterocycles. The van der Waals surface area contributed by atoms with Gasteiger partial charge in [-0.25, -0.2) is 8.42 Å². The summed E-state index contributed by atoms with van der Waals surface area (Å²) in [5.74, 6) is -0.363. The maximum Gasteiger partial charge on any atom is 0.255 e. The van der Waals surface area contributed by atoms with E-state index in [0.717, 1.165) is 5.56 Å². The van der Waals surface area contributed by atoms with Crippen molar-refractivity contribution >= 4 is 33.2 Å². The molecule has 164 valence electrons. The molecule has 9 heteroatoms. The fourth-order valence-electron chi connectivity index (χ4n) is 3.46. The zero-order valence-corrected chi connectivity index (χ0v) is 18.0. The van der Waals surface area contributed by atoms with Crippen LogP contribution in [0.1, 0.15) is 32.7 Å². The summed E-state index contributed by atoms with van der Waals surface area (Å²) in [4.78, 5) is 28.7. The van der Waals surface area contributed by atoms with Gasteiger partial charge in [0.05, 0.1) is 11.4 Å². The van der Waals surface area contributed by atoms with Gasteiger partial charge in [-0.05, 0) is 60.5 Å². The normalized spacial score (nSPS) is 14.7. The van der Waals surface area contributed by atoms with E-state index < -0.39 is 10.0 Å². The highest BCUT2D eigenvalue weighted by Crippen LogP contribution is 2.24. The molecule has 0 bridgehead atoms. The highest BCUT2D eigenvalue weighted by atomic mass is 32.2. The zero-order valence-electron chi connectivity index (χ0n) is 17.2. The van der Waals surface area contributed by atoms with Gasteiger partial charge in [0.25, 0.3) is 11.8 Å². The number of carbonyl (C=O) groups is 2. The summed E-state index contributed by atoms with van der Waals surface area (Å²) in [7, 11) is -3.25. The molecule has 3 aromatic rings. The lowest BCUT2D eigenvalue weighted by Crippen LogP contribution is -2.25. The number of pyridine rings is 1. The Morgan fingerprint density at radius 2 is 1.66 bits per heavy atom. The lowest BCUT2D eigenvalue weighted by Gasteiger charge is -2.17. The van der Waals surface area contributed by atoms with Crippen LogP contribution < -0.4 is 14.9 Å². The molecule has 1 aliphatic heterocycles. The summed E-state index contributed by atoms with van der Waals surface area (Å²) in [6.45, 7) is 0.738. The second kappa shape index (κ2) is 9.19. The van der Waals surface area contributed by atoms with Gasteiger partial charge in [0.1, 0.15) is 0 Å². The Hall–Kier alpha value is -3.72. The van der Waals surface area contributed by atoms with E-state index in [0.29, 0.717) is 35.5 Å². The second-order valence-electron chi connectivity index (χ2n) is 7.36. The lowest BCUT2D eigenvalue weighted by atomic mass is 10.1. The maximum atomic E-state index is 12.5. The van der Waals surface area contributed by atoms with Crippen molar-refractivity contribution in [3.63, 3.8) is 0 Å². The van der Waals surface area contributed by atoms with Crippen molar-refractivity contribution in [1.82, 2.24) is 10.3 Å². The van der Waals surface area contributed by atoms with Crippen molar-refractivity contribution in [2.75, 3.05) is 21.9 Å². The average Bonchev–Trinajstić information content (AvgIpc) is 3.17. The molecular weight excluding hydrogens is 428 g/mol. The van der Waals surface area contributed by atoms with Crippen molar-refractivity contribution < 1.29 is 18.0 Å². The fourth-order valence-corrected chi connectivity index (χ4v) is 5.02. The van der Waals surface area contributed by atoms with Gasteiger partial charge in [-0.3, -0.25) is 18.9 Å². The third kappa shape index (κ3) is 4.94. The number of hydrogen-bond donors (Lipinski definition) is 2. The number of carbonyl (C=O) groups excluding carboxylic acids is 2. The van der Waals surface area contributed by atoms with Crippen molar-refractivity contribution in [2.24, 2.45) is 0 Å². The number of aromatic nitrogens is 1. The molecule has 0 unspecified atom stereocenters.